The van der Waals surface area contributed by atoms with Crippen molar-refractivity contribution in [2.24, 2.45) is 0 Å². The number of nitrogens with one attached hydrogen (secondary N) is 1. The van der Waals surface area contributed by atoms with E-state index in [2.05, 4.69) is 17.1 Å². The van der Waals surface area contributed by atoms with Crippen LogP contribution in [0.25, 0.3) is 0 Å². The van der Waals surface area contributed by atoms with Crippen LogP contribution >= 0.6 is 12.2 Å². The van der Waals surface area contributed by atoms with Crippen molar-refractivity contribution in [3.05, 3.63) is 0 Å². The summed E-state index contributed by atoms with van der Waals surface area (Å²) in [5.74, 6) is 0. The Morgan fingerprint density at radius 2 is 2.08 bits per heavy atom. The standard InChI is InChI=1S/C9H18N2S/c1-2-3-6-10-9(12)11-7-4-5-8-11/h2-8H2,1H3,(H,10,12). The van der Waals surface area contributed by atoms with E-state index < -0.39 is 0 Å². The van der Waals surface area contributed by atoms with Crippen LogP contribution in [0, 0.1) is 0 Å². The van der Waals surface area contributed by atoms with Crippen LogP contribution in [-0.2, 0) is 0 Å². The Labute approximate surface area is 80.3 Å². The molecular weight excluding hydrogens is 168 g/mol. The quantitative estimate of drug-likeness (QED) is 0.534. The van der Waals surface area contributed by atoms with Gasteiger partial charge in [0, 0.05) is 19.6 Å². The molecule has 1 fully saturated rings. The normalized spacial score (nSPS) is 16.6. The van der Waals surface area contributed by atoms with E-state index in [0.717, 1.165) is 24.7 Å². The zero-order valence-electron chi connectivity index (χ0n) is 7.81. The van der Waals surface area contributed by atoms with Crippen LogP contribution in [0.3, 0.4) is 0 Å². The van der Waals surface area contributed by atoms with Crippen LogP contribution in [0.5, 0.6) is 0 Å². The summed E-state index contributed by atoms with van der Waals surface area (Å²) in [4.78, 5) is 2.27. The van der Waals surface area contributed by atoms with Gasteiger partial charge in [-0.25, -0.2) is 0 Å². The van der Waals surface area contributed by atoms with Crippen molar-refractivity contribution >= 4 is 17.3 Å². The van der Waals surface area contributed by atoms with Crippen LogP contribution in [0.2, 0.25) is 0 Å². The third kappa shape index (κ3) is 2.97. The fraction of sp³-hybridized carbons (Fsp3) is 0.889. The van der Waals surface area contributed by atoms with Gasteiger partial charge in [-0.3, -0.25) is 0 Å². The number of nitrogens with zero attached hydrogens (tertiary/aromatic N) is 1. The van der Waals surface area contributed by atoms with Crippen LogP contribution in [0.4, 0.5) is 0 Å². The molecule has 3 heteroatoms. The van der Waals surface area contributed by atoms with E-state index in [0.29, 0.717) is 0 Å². The Kier molecular flexibility index (Phi) is 4.36. The minimum absolute atomic E-state index is 0.959. The lowest BCUT2D eigenvalue weighted by atomic mass is 10.3. The smallest absolute Gasteiger partial charge is 0.168 e. The lowest BCUT2D eigenvalue weighted by molar-refractivity contribution is 0.505. The summed E-state index contributed by atoms with van der Waals surface area (Å²) >= 11 is 5.24. The molecule has 0 unspecified atom stereocenters. The Bertz CT molecular complexity index is 141. The maximum atomic E-state index is 5.24. The van der Waals surface area contributed by atoms with Gasteiger partial charge in [-0.05, 0) is 31.5 Å². The second-order valence-electron chi connectivity index (χ2n) is 3.28. The number of rotatable bonds is 3. The molecule has 0 aromatic rings. The number of hydrogen-bond donors (Lipinski definition) is 1. The molecule has 0 amide bonds. The Morgan fingerprint density at radius 1 is 1.42 bits per heavy atom. The predicted molar refractivity (Wildman–Crippen MR) is 56.3 cm³/mol. The first-order chi connectivity index (χ1) is 5.84. The van der Waals surface area contributed by atoms with Crippen LogP contribution in [0.1, 0.15) is 32.6 Å². The molecule has 1 heterocycles. The molecule has 0 aromatic carbocycles. The molecule has 0 aromatic heterocycles. The molecule has 0 bridgehead atoms. The fourth-order valence-corrected chi connectivity index (χ4v) is 1.69. The van der Waals surface area contributed by atoms with Crippen molar-refractivity contribution in [2.45, 2.75) is 32.6 Å². The van der Waals surface area contributed by atoms with E-state index in [1.54, 1.807) is 0 Å². The number of thiocarbonyl (C=S) groups is 1. The third-order valence-electron chi connectivity index (χ3n) is 2.20. The maximum Gasteiger partial charge on any atom is 0.168 e. The molecule has 0 atom stereocenters. The van der Waals surface area contributed by atoms with Gasteiger partial charge in [-0.15, -0.1) is 0 Å². The first-order valence-electron chi connectivity index (χ1n) is 4.87. The summed E-state index contributed by atoms with van der Waals surface area (Å²) in [6, 6.07) is 0. The van der Waals surface area contributed by atoms with E-state index in [1.165, 1.54) is 25.7 Å². The van der Waals surface area contributed by atoms with E-state index in [1.807, 2.05) is 0 Å². The lowest BCUT2D eigenvalue weighted by Gasteiger charge is -2.19. The minimum Gasteiger partial charge on any atom is -0.363 e. The van der Waals surface area contributed by atoms with Gasteiger partial charge in [0.2, 0.25) is 0 Å². The largest absolute Gasteiger partial charge is 0.363 e. The predicted octanol–water partition coefficient (Wildman–Crippen LogP) is 1.76. The van der Waals surface area contributed by atoms with Crippen molar-refractivity contribution in [1.29, 1.82) is 0 Å². The zero-order chi connectivity index (χ0) is 8.81. The molecule has 1 saturated heterocycles. The second kappa shape index (κ2) is 5.36. The van der Waals surface area contributed by atoms with Gasteiger partial charge < -0.3 is 10.2 Å². The molecule has 2 nitrogen and oxygen atoms in total. The second-order valence-corrected chi connectivity index (χ2v) is 3.67. The molecule has 0 radical (unpaired) electrons. The Morgan fingerprint density at radius 3 is 2.67 bits per heavy atom. The summed E-state index contributed by atoms with van der Waals surface area (Å²) < 4.78 is 0. The van der Waals surface area contributed by atoms with Crippen LogP contribution < -0.4 is 5.32 Å². The molecule has 70 valence electrons. The SMILES string of the molecule is CCCCNC(=S)N1CCCC1. The highest BCUT2D eigenvalue weighted by Crippen LogP contribution is 2.06. The number of likely N-dealkylation sites (tertiary alicyclic amines) is 1. The van der Waals surface area contributed by atoms with E-state index in [9.17, 15) is 0 Å². The summed E-state index contributed by atoms with van der Waals surface area (Å²) in [5.41, 5.74) is 0. The molecule has 12 heavy (non-hydrogen) atoms. The fourth-order valence-electron chi connectivity index (χ4n) is 1.40. The van der Waals surface area contributed by atoms with Gasteiger partial charge in [-0.1, -0.05) is 13.3 Å². The van der Waals surface area contributed by atoms with Crippen molar-refractivity contribution in [2.75, 3.05) is 19.6 Å². The van der Waals surface area contributed by atoms with E-state index in [-0.39, 0.29) is 0 Å². The van der Waals surface area contributed by atoms with Gasteiger partial charge >= 0.3 is 0 Å². The average molecular weight is 186 g/mol. The maximum absolute atomic E-state index is 5.24. The van der Waals surface area contributed by atoms with Crippen molar-refractivity contribution in [3.63, 3.8) is 0 Å². The van der Waals surface area contributed by atoms with Crippen LogP contribution in [0.15, 0.2) is 0 Å². The molecule has 1 aliphatic heterocycles. The van der Waals surface area contributed by atoms with E-state index in [4.69, 9.17) is 12.2 Å². The molecular formula is C9H18N2S. The van der Waals surface area contributed by atoms with Gasteiger partial charge in [0.1, 0.15) is 0 Å². The van der Waals surface area contributed by atoms with Gasteiger partial charge in [0.15, 0.2) is 5.11 Å². The summed E-state index contributed by atoms with van der Waals surface area (Å²) in [6.07, 6.45) is 5.05. The molecule has 0 saturated carbocycles. The highest BCUT2D eigenvalue weighted by molar-refractivity contribution is 7.80. The number of unbranched alkanes of at least 4 members (excludes halogenated alkanes) is 1. The minimum atomic E-state index is 0.959. The summed E-state index contributed by atoms with van der Waals surface area (Å²) in [6.45, 7) is 5.53. The molecule has 0 spiro atoms. The monoisotopic (exact) mass is 186 g/mol. The first-order valence-corrected chi connectivity index (χ1v) is 5.28. The molecule has 1 N–H and O–H groups in total. The van der Waals surface area contributed by atoms with Crippen molar-refractivity contribution in [1.82, 2.24) is 10.2 Å². The summed E-state index contributed by atoms with van der Waals surface area (Å²) in [7, 11) is 0. The Hall–Kier alpha value is -0.310. The first kappa shape index (κ1) is 9.78. The lowest BCUT2D eigenvalue weighted by Crippen LogP contribution is -2.38. The number of hydrogen-bond acceptors (Lipinski definition) is 1. The van der Waals surface area contributed by atoms with Crippen LogP contribution in [-0.4, -0.2) is 29.6 Å². The molecule has 1 aliphatic rings. The Balaban J connectivity index is 2.10. The van der Waals surface area contributed by atoms with Gasteiger partial charge in [-0.2, -0.15) is 0 Å². The summed E-state index contributed by atoms with van der Waals surface area (Å²) in [5, 5.41) is 4.24. The van der Waals surface area contributed by atoms with E-state index >= 15 is 0 Å². The third-order valence-corrected chi connectivity index (χ3v) is 2.60. The van der Waals surface area contributed by atoms with Gasteiger partial charge in [0.05, 0.1) is 0 Å². The zero-order valence-corrected chi connectivity index (χ0v) is 8.62. The average Bonchev–Trinajstić information content (AvgIpc) is 2.56. The van der Waals surface area contributed by atoms with Gasteiger partial charge in [0.25, 0.3) is 0 Å². The molecule has 1 rings (SSSR count). The highest BCUT2D eigenvalue weighted by Gasteiger charge is 2.13. The topological polar surface area (TPSA) is 15.3 Å². The van der Waals surface area contributed by atoms with Crippen molar-refractivity contribution in [3.8, 4) is 0 Å². The van der Waals surface area contributed by atoms with Crippen molar-refractivity contribution < 1.29 is 0 Å². The molecule has 0 aliphatic carbocycles. The highest BCUT2D eigenvalue weighted by atomic mass is 32.1.